The van der Waals surface area contributed by atoms with E-state index >= 15 is 0 Å². The van der Waals surface area contributed by atoms with Gasteiger partial charge >= 0.3 is 0 Å². The fourth-order valence-corrected chi connectivity index (χ4v) is 3.33. The predicted octanol–water partition coefficient (Wildman–Crippen LogP) is 2.65. The first-order chi connectivity index (χ1) is 11.1. The summed E-state index contributed by atoms with van der Waals surface area (Å²) in [4.78, 5) is 33.5. The average molecular weight is 313 g/mol. The summed E-state index contributed by atoms with van der Waals surface area (Å²) >= 11 is 0. The van der Waals surface area contributed by atoms with Gasteiger partial charge in [-0.3, -0.25) is 9.59 Å². The lowest BCUT2D eigenvalue weighted by molar-refractivity contribution is -0.132. The number of nitrogens with zero attached hydrogens (tertiary/aromatic N) is 2. The zero-order chi connectivity index (χ0) is 16.2. The van der Waals surface area contributed by atoms with Crippen LogP contribution in [-0.4, -0.2) is 33.9 Å². The van der Waals surface area contributed by atoms with E-state index in [0.29, 0.717) is 35.6 Å². The summed E-state index contributed by atoms with van der Waals surface area (Å²) in [7, 11) is 1.90. The standard InChI is InChI=1S/C18H23N3O2/c1-21(13-7-3-2-4-8-13)17(22)12-11-16-19-15-10-6-5-9-14(15)18(23)20-16/h5-6,9-10,13H,2-4,7-8,11-12H2,1H3,(H,19,20,23). The van der Waals surface area contributed by atoms with E-state index in [4.69, 9.17) is 0 Å². The van der Waals surface area contributed by atoms with Crippen LogP contribution in [0, 0.1) is 0 Å². The Morgan fingerprint density at radius 3 is 2.78 bits per heavy atom. The van der Waals surface area contributed by atoms with Crippen LogP contribution in [0.2, 0.25) is 0 Å². The molecule has 1 aliphatic carbocycles. The maximum Gasteiger partial charge on any atom is 0.258 e. The average Bonchev–Trinajstić information content (AvgIpc) is 2.60. The van der Waals surface area contributed by atoms with Crippen molar-refractivity contribution in [1.29, 1.82) is 0 Å². The second-order valence-electron chi connectivity index (χ2n) is 6.33. The van der Waals surface area contributed by atoms with E-state index in [-0.39, 0.29) is 11.5 Å². The molecule has 2 aromatic rings. The number of hydrogen-bond donors (Lipinski definition) is 1. The molecule has 0 bridgehead atoms. The molecular weight excluding hydrogens is 290 g/mol. The molecule has 1 aliphatic rings. The summed E-state index contributed by atoms with van der Waals surface area (Å²) in [6.45, 7) is 0. The van der Waals surface area contributed by atoms with E-state index in [2.05, 4.69) is 9.97 Å². The second-order valence-corrected chi connectivity index (χ2v) is 6.33. The molecule has 5 nitrogen and oxygen atoms in total. The Bertz CT molecular complexity index is 747. The Morgan fingerprint density at radius 1 is 1.26 bits per heavy atom. The van der Waals surface area contributed by atoms with Crippen LogP contribution in [0.15, 0.2) is 29.1 Å². The molecule has 1 fully saturated rings. The van der Waals surface area contributed by atoms with Gasteiger partial charge in [-0.15, -0.1) is 0 Å². The van der Waals surface area contributed by atoms with Crippen LogP contribution in [-0.2, 0) is 11.2 Å². The van der Waals surface area contributed by atoms with Gasteiger partial charge in [0.15, 0.2) is 0 Å². The van der Waals surface area contributed by atoms with Crippen molar-refractivity contribution < 1.29 is 4.79 Å². The third-order valence-electron chi connectivity index (χ3n) is 4.75. The van der Waals surface area contributed by atoms with Crippen molar-refractivity contribution in [2.24, 2.45) is 0 Å². The number of fused-ring (bicyclic) bond motifs is 1. The molecule has 1 heterocycles. The zero-order valence-electron chi connectivity index (χ0n) is 13.5. The minimum Gasteiger partial charge on any atom is -0.343 e. The Morgan fingerprint density at radius 2 is 2.00 bits per heavy atom. The smallest absolute Gasteiger partial charge is 0.258 e. The van der Waals surface area contributed by atoms with Gasteiger partial charge in [0.05, 0.1) is 10.9 Å². The van der Waals surface area contributed by atoms with Crippen molar-refractivity contribution in [2.75, 3.05) is 7.05 Å². The highest BCUT2D eigenvalue weighted by Gasteiger charge is 2.21. The lowest BCUT2D eigenvalue weighted by Crippen LogP contribution is -2.38. The fourth-order valence-electron chi connectivity index (χ4n) is 3.33. The number of hydrogen-bond acceptors (Lipinski definition) is 3. The van der Waals surface area contributed by atoms with E-state index in [1.807, 2.05) is 30.1 Å². The number of rotatable bonds is 4. The summed E-state index contributed by atoms with van der Waals surface area (Å²) in [5, 5.41) is 0.585. The maximum atomic E-state index is 12.4. The van der Waals surface area contributed by atoms with Gasteiger partial charge in [-0.25, -0.2) is 4.98 Å². The van der Waals surface area contributed by atoms with Gasteiger partial charge in [0.25, 0.3) is 5.56 Å². The third-order valence-corrected chi connectivity index (χ3v) is 4.75. The molecular formula is C18H23N3O2. The molecule has 1 saturated carbocycles. The molecule has 3 rings (SSSR count). The third kappa shape index (κ3) is 3.60. The van der Waals surface area contributed by atoms with Crippen molar-refractivity contribution in [3.05, 3.63) is 40.4 Å². The van der Waals surface area contributed by atoms with E-state index in [1.54, 1.807) is 6.07 Å². The summed E-state index contributed by atoms with van der Waals surface area (Å²) < 4.78 is 0. The van der Waals surface area contributed by atoms with E-state index in [1.165, 1.54) is 19.3 Å². The van der Waals surface area contributed by atoms with Crippen LogP contribution in [0.3, 0.4) is 0 Å². The number of carbonyl (C=O) groups excluding carboxylic acids is 1. The van der Waals surface area contributed by atoms with E-state index in [9.17, 15) is 9.59 Å². The number of aromatic nitrogens is 2. The van der Waals surface area contributed by atoms with Crippen LogP contribution < -0.4 is 5.56 Å². The van der Waals surface area contributed by atoms with Gasteiger partial charge in [-0.2, -0.15) is 0 Å². The van der Waals surface area contributed by atoms with Crippen LogP contribution in [0.4, 0.5) is 0 Å². The molecule has 0 unspecified atom stereocenters. The first-order valence-corrected chi connectivity index (χ1v) is 8.39. The van der Waals surface area contributed by atoms with Crippen molar-refractivity contribution in [3.63, 3.8) is 0 Å². The minimum atomic E-state index is -0.140. The number of benzene rings is 1. The fraction of sp³-hybridized carbons (Fsp3) is 0.500. The number of para-hydroxylation sites is 1. The highest BCUT2D eigenvalue weighted by atomic mass is 16.2. The molecule has 0 atom stereocenters. The molecule has 0 saturated heterocycles. The SMILES string of the molecule is CN(C(=O)CCc1nc2ccccc2c(=O)[nH]1)C1CCCCC1. The Labute approximate surface area is 135 Å². The first kappa shape index (κ1) is 15.7. The number of H-pyrrole nitrogens is 1. The van der Waals surface area contributed by atoms with Gasteiger partial charge in [-0.05, 0) is 25.0 Å². The maximum absolute atomic E-state index is 12.4. The Balaban J connectivity index is 1.65. The molecule has 0 aliphatic heterocycles. The molecule has 5 heteroatoms. The highest BCUT2D eigenvalue weighted by molar-refractivity contribution is 5.78. The molecule has 1 N–H and O–H groups in total. The van der Waals surface area contributed by atoms with Gasteiger partial charge in [0.2, 0.25) is 5.91 Å². The number of aromatic amines is 1. The number of nitrogens with one attached hydrogen (secondary N) is 1. The van der Waals surface area contributed by atoms with Crippen molar-refractivity contribution in [1.82, 2.24) is 14.9 Å². The second kappa shape index (κ2) is 6.94. The quantitative estimate of drug-likeness (QED) is 0.943. The molecule has 23 heavy (non-hydrogen) atoms. The van der Waals surface area contributed by atoms with Crippen molar-refractivity contribution >= 4 is 16.8 Å². The summed E-state index contributed by atoms with van der Waals surface area (Å²) in [5.41, 5.74) is 0.540. The first-order valence-electron chi connectivity index (χ1n) is 8.39. The molecule has 1 aromatic carbocycles. The predicted molar refractivity (Wildman–Crippen MR) is 90.3 cm³/mol. The largest absolute Gasteiger partial charge is 0.343 e. The van der Waals surface area contributed by atoms with Gasteiger partial charge in [0, 0.05) is 25.9 Å². The minimum absolute atomic E-state index is 0.132. The number of carbonyl (C=O) groups is 1. The lowest BCUT2D eigenvalue weighted by atomic mass is 9.94. The molecule has 122 valence electrons. The summed E-state index contributed by atoms with van der Waals surface area (Å²) in [6, 6.07) is 7.64. The van der Waals surface area contributed by atoms with Crippen LogP contribution in [0.1, 0.15) is 44.3 Å². The van der Waals surface area contributed by atoms with Gasteiger partial charge in [-0.1, -0.05) is 31.4 Å². The molecule has 1 amide bonds. The monoisotopic (exact) mass is 313 g/mol. The Hall–Kier alpha value is -2.17. The van der Waals surface area contributed by atoms with E-state index in [0.717, 1.165) is 12.8 Å². The van der Waals surface area contributed by atoms with Gasteiger partial charge < -0.3 is 9.88 Å². The number of amides is 1. The van der Waals surface area contributed by atoms with Crippen molar-refractivity contribution in [3.8, 4) is 0 Å². The van der Waals surface area contributed by atoms with E-state index < -0.39 is 0 Å². The summed E-state index contributed by atoms with van der Waals surface area (Å²) in [6.07, 6.45) is 6.76. The molecule has 0 spiro atoms. The molecule has 1 aromatic heterocycles. The van der Waals surface area contributed by atoms with Crippen LogP contribution >= 0.6 is 0 Å². The van der Waals surface area contributed by atoms with Crippen molar-refractivity contribution in [2.45, 2.75) is 51.0 Å². The van der Waals surface area contributed by atoms with Gasteiger partial charge in [0.1, 0.15) is 5.82 Å². The lowest BCUT2D eigenvalue weighted by Gasteiger charge is -2.31. The van der Waals surface area contributed by atoms with Crippen LogP contribution in [0.5, 0.6) is 0 Å². The zero-order valence-corrected chi connectivity index (χ0v) is 13.5. The Kier molecular flexibility index (Phi) is 4.74. The summed E-state index contributed by atoms with van der Waals surface area (Å²) in [5.74, 6) is 0.715. The molecule has 0 radical (unpaired) electrons. The number of aryl methyl sites for hydroxylation is 1. The van der Waals surface area contributed by atoms with Crippen LogP contribution in [0.25, 0.3) is 10.9 Å². The topological polar surface area (TPSA) is 66.1 Å². The normalized spacial score (nSPS) is 15.7. The highest BCUT2D eigenvalue weighted by Crippen LogP contribution is 2.22.